The number of para-hydroxylation sites is 1. The van der Waals surface area contributed by atoms with Crippen LogP contribution >= 0.6 is 0 Å². The molecule has 0 fully saturated rings. The molecule has 1 aromatic rings. The lowest BCUT2D eigenvalue weighted by molar-refractivity contribution is -0.184. The topological polar surface area (TPSA) is 55.1 Å². The quantitative estimate of drug-likeness (QED) is 0.840. The van der Waals surface area contributed by atoms with Gasteiger partial charge in [0.1, 0.15) is 0 Å². The molecule has 0 saturated heterocycles. The third kappa shape index (κ3) is 2.76. The Morgan fingerprint density at radius 3 is 2.29 bits per heavy atom. The number of halogens is 3. The standard InChI is InChI=1S/C11H13F3N2O/c1-7-5-3-4-6-8(7)16-9(17)10(2,15)11(12,13)14/h3-6H,15H2,1-2H3,(H,16,17)/t10-/m1/s1. The van der Waals surface area contributed by atoms with Crippen LogP contribution in [0, 0.1) is 6.92 Å². The van der Waals surface area contributed by atoms with Crippen molar-refractivity contribution in [1.29, 1.82) is 0 Å². The van der Waals surface area contributed by atoms with Gasteiger partial charge in [-0.15, -0.1) is 0 Å². The van der Waals surface area contributed by atoms with E-state index in [-0.39, 0.29) is 0 Å². The van der Waals surface area contributed by atoms with Crippen LogP contribution in [0.4, 0.5) is 18.9 Å². The molecule has 6 heteroatoms. The smallest absolute Gasteiger partial charge is 0.324 e. The molecular weight excluding hydrogens is 233 g/mol. The minimum absolute atomic E-state index is 0.318. The Bertz CT molecular complexity index is 427. The van der Waals surface area contributed by atoms with E-state index >= 15 is 0 Å². The summed E-state index contributed by atoms with van der Waals surface area (Å²) < 4.78 is 37.5. The van der Waals surface area contributed by atoms with Gasteiger partial charge in [-0.1, -0.05) is 18.2 Å². The Morgan fingerprint density at radius 1 is 1.29 bits per heavy atom. The number of nitrogens with two attached hydrogens (primary N) is 1. The zero-order valence-electron chi connectivity index (χ0n) is 9.43. The van der Waals surface area contributed by atoms with E-state index in [2.05, 4.69) is 5.32 Å². The van der Waals surface area contributed by atoms with Crippen LogP contribution in [0.5, 0.6) is 0 Å². The fraction of sp³-hybridized carbons (Fsp3) is 0.364. The van der Waals surface area contributed by atoms with Crippen LogP contribution in [0.25, 0.3) is 0 Å². The van der Waals surface area contributed by atoms with E-state index in [0.29, 0.717) is 18.2 Å². The zero-order valence-corrected chi connectivity index (χ0v) is 9.43. The van der Waals surface area contributed by atoms with Crippen molar-refractivity contribution in [2.75, 3.05) is 5.32 Å². The molecule has 0 aliphatic carbocycles. The molecule has 0 aliphatic heterocycles. The van der Waals surface area contributed by atoms with Gasteiger partial charge in [-0.05, 0) is 25.5 Å². The van der Waals surface area contributed by atoms with Gasteiger partial charge < -0.3 is 11.1 Å². The average Bonchev–Trinajstić information content (AvgIpc) is 2.19. The monoisotopic (exact) mass is 246 g/mol. The number of rotatable bonds is 2. The number of benzene rings is 1. The molecule has 0 radical (unpaired) electrons. The van der Waals surface area contributed by atoms with E-state index in [4.69, 9.17) is 5.73 Å². The second-order valence-electron chi connectivity index (χ2n) is 3.97. The van der Waals surface area contributed by atoms with Crippen molar-refractivity contribution in [2.45, 2.75) is 25.6 Å². The van der Waals surface area contributed by atoms with Crippen molar-refractivity contribution in [1.82, 2.24) is 0 Å². The Kier molecular flexibility index (Phi) is 3.47. The minimum atomic E-state index is -4.79. The second-order valence-corrected chi connectivity index (χ2v) is 3.97. The molecular formula is C11H13F3N2O. The van der Waals surface area contributed by atoms with Gasteiger partial charge in [0.15, 0.2) is 5.54 Å². The molecule has 1 amide bonds. The summed E-state index contributed by atoms with van der Waals surface area (Å²) in [6, 6.07) is 6.52. The van der Waals surface area contributed by atoms with Crippen LogP contribution in [0.3, 0.4) is 0 Å². The van der Waals surface area contributed by atoms with Crippen LogP contribution in [0.1, 0.15) is 12.5 Å². The molecule has 0 aliphatic rings. The first-order valence-corrected chi connectivity index (χ1v) is 4.89. The molecule has 0 aromatic heterocycles. The minimum Gasteiger partial charge on any atom is -0.324 e. The van der Waals surface area contributed by atoms with E-state index in [9.17, 15) is 18.0 Å². The summed E-state index contributed by atoms with van der Waals surface area (Å²) in [5, 5.41) is 2.17. The highest BCUT2D eigenvalue weighted by Gasteiger charge is 2.53. The number of carbonyl (C=O) groups is 1. The number of alkyl halides is 3. The van der Waals surface area contributed by atoms with E-state index in [1.807, 2.05) is 0 Å². The molecule has 3 N–H and O–H groups in total. The molecule has 1 rings (SSSR count). The summed E-state index contributed by atoms with van der Waals surface area (Å²) in [5.41, 5.74) is 3.07. The molecule has 1 aromatic carbocycles. The predicted octanol–water partition coefficient (Wildman–Crippen LogP) is 2.21. The molecule has 3 nitrogen and oxygen atoms in total. The van der Waals surface area contributed by atoms with Crippen molar-refractivity contribution >= 4 is 11.6 Å². The molecule has 17 heavy (non-hydrogen) atoms. The molecule has 1 atom stereocenters. The number of nitrogens with one attached hydrogen (secondary N) is 1. The fourth-order valence-electron chi connectivity index (χ4n) is 1.09. The summed E-state index contributed by atoms with van der Waals surface area (Å²) in [5.74, 6) is -1.28. The largest absolute Gasteiger partial charge is 0.415 e. The van der Waals surface area contributed by atoms with Crippen LogP contribution in [-0.2, 0) is 4.79 Å². The third-order valence-corrected chi connectivity index (χ3v) is 2.45. The van der Waals surface area contributed by atoms with Gasteiger partial charge in [0, 0.05) is 5.69 Å². The van der Waals surface area contributed by atoms with Crippen LogP contribution < -0.4 is 11.1 Å². The third-order valence-electron chi connectivity index (χ3n) is 2.45. The lowest BCUT2D eigenvalue weighted by atomic mass is 10.0. The van der Waals surface area contributed by atoms with Crippen LogP contribution in [-0.4, -0.2) is 17.6 Å². The SMILES string of the molecule is Cc1ccccc1NC(=O)[C@@](C)(N)C(F)(F)F. The molecule has 0 spiro atoms. The maximum Gasteiger partial charge on any atom is 0.415 e. The maximum absolute atomic E-state index is 12.5. The fourth-order valence-corrected chi connectivity index (χ4v) is 1.09. The lowest BCUT2D eigenvalue weighted by Crippen LogP contribution is -2.59. The zero-order chi connectivity index (χ0) is 13.3. The Hall–Kier alpha value is -1.56. The molecule has 94 valence electrons. The summed E-state index contributed by atoms with van der Waals surface area (Å²) >= 11 is 0. The molecule has 0 bridgehead atoms. The maximum atomic E-state index is 12.5. The van der Waals surface area contributed by atoms with E-state index in [1.165, 1.54) is 6.07 Å². The Labute approximate surface area is 96.8 Å². The highest BCUT2D eigenvalue weighted by molar-refractivity contribution is 5.98. The highest BCUT2D eigenvalue weighted by atomic mass is 19.4. The van der Waals surface area contributed by atoms with Gasteiger partial charge in [-0.3, -0.25) is 4.79 Å². The highest BCUT2D eigenvalue weighted by Crippen LogP contribution is 2.29. The first kappa shape index (κ1) is 13.5. The van der Waals surface area contributed by atoms with Crippen LogP contribution in [0.15, 0.2) is 24.3 Å². The second kappa shape index (κ2) is 4.37. The Balaban J connectivity index is 2.91. The van der Waals surface area contributed by atoms with Gasteiger partial charge >= 0.3 is 6.18 Å². The van der Waals surface area contributed by atoms with E-state index in [0.717, 1.165) is 0 Å². The Morgan fingerprint density at radius 2 is 1.82 bits per heavy atom. The molecule has 0 saturated carbocycles. The van der Waals surface area contributed by atoms with Crippen molar-refractivity contribution < 1.29 is 18.0 Å². The van der Waals surface area contributed by atoms with Gasteiger partial charge in [0.05, 0.1) is 0 Å². The van der Waals surface area contributed by atoms with Gasteiger partial charge in [0.25, 0.3) is 5.91 Å². The molecule has 0 heterocycles. The summed E-state index contributed by atoms with van der Waals surface area (Å²) in [6.07, 6.45) is -4.79. The van der Waals surface area contributed by atoms with E-state index in [1.54, 1.807) is 25.1 Å². The van der Waals surface area contributed by atoms with Crippen molar-refractivity contribution in [3.8, 4) is 0 Å². The number of carbonyl (C=O) groups excluding carboxylic acids is 1. The number of aryl methyl sites for hydroxylation is 1. The van der Waals surface area contributed by atoms with E-state index < -0.39 is 17.6 Å². The summed E-state index contributed by atoms with van der Waals surface area (Å²) in [7, 11) is 0. The van der Waals surface area contributed by atoms with Crippen LogP contribution in [0.2, 0.25) is 0 Å². The van der Waals surface area contributed by atoms with Crippen molar-refractivity contribution in [2.24, 2.45) is 5.73 Å². The van der Waals surface area contributed by atoms with Crippen molar-refractivity contribution in [3.63, 3.8) is 0 Å². The predicted molar refractivity (Wildman–Crippen MR) is 58.5 cm³/mol. The normalized spacial score (nSPS) is 15.2. The van der Waals surface area contributed by atoms with Crippen molar-refractivity contribution in [3.05, 3.63) is 29.8 Å². The number of anilines is 1. The van der Waals surface area contributed by atoms with Gasteiger partial charge in [-0.2, -0.15) is 13.2 Å². The lowest BCUT2D eigenvalue weighted by Gasteiger charge is -2.26. The first-order chi connectivity index (χ1) is 7.66. The molecule has 0 unspecified atom stereocenters. The number of hydrogen-bond donors (Lipinski definition) is 2. The number of amides is 1. The van der Waals surface area contributed by atoms with Gasteiger partial charge in [-0.25, -0.2) is 0 Å². The first-order valence-electron chi connectivity index (χ1n) is 4.89. The average molecular weight is 246 g/mol. The van der Waals surface area contributed by atoms with Gasteiger partial charge in [0.2, 0.25) is 0 Å². The number of hydrogen-bond acceptors (Lipinski definition) is 2. The summed E-state index contributed by atoms with van der Waals surface area (Å²) in [4.78, 5) is 11.5. The summed E-state index contributed by atoms with van der Waals surface area (Å²) in [6.45, 7) is 2.32.